The van der Waals surface area contributed by atoms with Crippen LogP contribution in [0.2, 0.25) is 0 Å². The van der Waals surface area contributed by atoms with Crippen molar-refractivity contribution in [2.24, 2.45) is 10.9 Å². The standard InChI is InChI=1S/C23H38N4O.HI/c1-2-24-23(25-16-20-10-6-7-11-21(20)18-28)26-22-12-14-27(15-13-22)17-19-8-4-3-5-9-19;/h6-7,10-11,19,22,28H,2-5,8-9,12-18H2,1H3,(H2,24,25,26);1H. The minimum absolute atomic E-state index is 0. The second-order valence-electron chi connectivity index (χ2n) is 8.35. The fourth-order valence-corrected chi connectivity index (χ4v) is 4.54. The second-order valence-corrected chi connectivity index (χ2v) is 8.35. The minimum Gasteiger partial charge on any atom is -0.392 e. The number of halogens is 1. The highest BCUT2D eigenvalue weighted by atomic mass is 127. The third kappa shape index (κ3) is 8.06. The minimum atomic E-state index is 0. The van der Waals surface area contributed by atoms with Crippen LogP contribution in [-0.2, 0) is 13.2 Å². The highest BCUT2D eigenvalue weighted by molar-refractivity contribution is 14.0. The molecule has 0 amide bonds. The van der Waals surface area contributed by atoms with Crippen molar-refractivity contribution in [3.05, 3.63) is 35.4 Å². The second kappa shape index (κ2) is 13.4. The zero-order chi connectivity index (χ0) is 19.6. The first kappa shape index (κ1) is 24.4. The summed E-state index contributed by atoms with van der Waals surface area (Å²) in [7, 11) is 0. The van der Waals surface area contributed by atoms with Gasteiger partial charge in [-0.15, -0.1) is 24.0 Å². The van der Waals surface area contributed by atoms with Crippen LogP contribution in [0.1, 0.15) is 63.0 Å². The largest absolute Gasteiger partial charge is 0.392 e. The Morgan fingerprint density at radius 1 is 1.07 bits per heavy atom. The Morgan fingerprint density at radius 3 is 2.41 bits per heavy atom. The first-order valence-corrected chi connectivity index (χ1v) is 11.2. The first-order valence-electron chi connectivity index (χ1n) is 11.2. The van der Waals surface area contributed by atoms with Crippen molar-refractivity contribution in [2.75, 3.05) is 26.2 Å². The highest BCUT2D eigenvalue weighted by Gasteiger charge is 2.23. The molecule has 2 aliphatic rings. The lowest BCUT2D eigenvalue weighted by Crippen LogP contribution is -2.49. The van der Waals surface area contributed by atoms with E-state index in [0.717, 1.165) is 29.5 Å². The lowest BCUT2D eigenvalue weighted by Gasteiger charge is -2.36. The quantitative estimate of drug-likeness (QED) is 0.294. The number of piperidine rings is 1. The molecular formula is C23H39IN4O. The van der Waals surface area contributed by atoms with Gasteiger partial charge in [-0.1, -0.05) is 43.5 Å². The predicted octanol–water partition coefficient (Wildman–Crippen LogP) is 3.90. The molecule has 2 fully saturated rings. The van der Waals surface area contributed by atoms with Crippen molar-refractivity contribution >= 4 is 29.9 Å². The van der Waals surface area contributed by atoms with Crippen LogP contribution in [0.4, 0.5) is 0 Å². The number of aliphatic imine (C=N–C) groups is 1. The number of nitrogens with one attached hydrogen (secondary N) is 2. The third-order valence-corrected chi connectivity index (χ3v) is 6.21. The summed E-state index contributed by atoms with van der Waals surface area (Å²) in [6, 6.07) is 8.47. The molecule has 0 bridgehead atoms. The van der Waals surface area contributed by atoms with Gasteiger partial charge in [-0.2, -0.15) is 0 Å². The van der Waals surface area contributed by atoms with Gasteiger partial charge in [0.15, 0.2) is 5.96 Å². The summed E-state index contributed by atoms with van der Waals surface area (Å²) in [6.07, 6.45) is 9.55. The van der Waals surface area contributed by atoms with Crippen LogP contribution in [-0.4, -0.2) is 48.2 Å². The number of aliphatic hydroxyl groups is 1. The van der Waals surface area contributed by atoms with Gasteiger partial charge in [-0.05, 0) is 49.7 Å². The predicted molar refractivity (Wildman–Crippen MR) is 132 cm³/mol. The van der Waals surface area contributed by atoms with E-state index in [1.165, 1.54) is 64.6 Å². The Kier molecular flexibility index (Phi) is 11.3. The van der Waals surface area contributed by atoms with Crippen LogP contribution in [0.3, 0.4) is 0 Å². The average Bonchev–Trinajstić information content (AvgIpc) is 2.74. The topological polar surface area (TPSA) is 59.9 Å². The molecule has 1 saturated carbocycles. The monoisotopic (exact) mass is 514 g/mol. The summed E-state index contributed by atoms with van der Waals surface area (Å²) >= 11 is 0. The number of hydrogen-bond acceptors (Lipinski definition) is 3. The molecule has 1 heterocycles. The Morgan fingerprint density at radius 2 is 1.76 bits per heavy atom. The van der Waals surface area contributed by atoms with Crippen LogP contribution in [0, 0.1) is 5.92 Å². The van der Waals surface area contributed by atoms with E-state index in [1.54, 1.807) is 0 Å². The molecule has 1 aromatic carbocycles. The average molecular weight is 514 g/mol. The maximum Gasteiger partial charge on any atom is 0.191 e. The van der Waals surface area contributed by atoms with Gasteiger partial charge in [-0.3, -0.25) is 0 Å². The molecule has 3 rings (SSSR count). The van der Waals surface area contributed by atoms with Crippen molar-refractivity contribution in [3.63, 3.8) is 0 Å². The van der Waals surface area contributed by atoms with Gasteiger partial charge in [0.2, 0.25) is 0 Å². The molecule has 0 aromatic heterocycles. The molecule has 3 N–H and O–H groups in total. The molecule has 164 valence electrons. The molecule has 0 spiro atoms. The van der Waals surface area contributed by atoms with Crippen LogP contribution >= 0.6 is 24.0 Å². The smallest absolute Gasteiger partial charge is 0.191 e. The Bertz CT molecular complexity index is 611. The lowest BCUT2D eigenvalue weighted by molar-refractivity contribution is 0.160. The van der Waals surface area contributed by atoms with Crippen LogP contribution in [0.5, 0.6) is 0 Å². The third-order valence-electron chi connectivity index (χ3n) is 6.21. The van der Waals surface area contributed by atoms with E-state index in [4.69, 9.17) is 4.99 Å². The number of guanidine groups is 1. The maximum atomic E-state index is 9.51. The van der Waals surface area contributed by atoms with E-state index in [9.17, 15) is 5.11 Å². The molecule has 5 nitrogen and oxygen atoms in total. The molecule has 29 heavy (non-hydrogen) atoms. The number of hydrogen-bond donors (Lipinski definition) is 3. The van der Waals surface area contributed by atoms with E-state index in [1.807, 2.05) is 24.3 Å². The molecule has 6 heteroatoms. The molecule has 0 unspecified atom stereocenters. The van der Waals surface area contributed by atoms with Crippen LogP contribution < -0.4 is 10.6 Å². The van der Waals surface area contributed by atoms with Crippen LogP contribution in [0.15, 0.2) is 29.3 Å². The summed E-state index contributed by atoms with van der Waals surface area (Å²) in [6.45, 7) is 7.31. The van der Waals surface area contributed by atoms with E-state index in [2.05, 4.69) is 22.5 Å². The van der Waals surface area contributed by atoms with Crippen molar-refractivity contribution in [1.82, 2.24) is 15.5 Å². The molecule has 1 aliphatic heterocycles. The summed E-state index contributed by atoms with van der Waals surface area (Å²) in [5, 5.41) is 16.5. The van der Waals surface area contributed by atoms with Gasteiger partial charge in [0, 0.05) is 32.2 Å². The summed E-state index contributed by atoms with van der Waals surface area (Å²) < 4.78 is 0. The van der Waals surface area contributed by atoms with E-state index in [0.29, 0.717) is 12.6 Å². The van der Waals surface area contributed by atoms with Gasteiger partial charge in [0.1, 0.15) is 0 Å². The number of nitrogens with zero attached hydrogens (tertiary/aromatic N) is 2. The van der Waals surface area contributed by atoms with E-state index in [-0.39, 0.29) is 30.6 Å². The molecular weight excluding hydrogens is 475 g/mol. The van der Waals surface area contributed by atoms with Crippen LogP contribution in [0.25, 0.3) is 0 Å². The number of rotatable bonds is 7. The number of likely N-dealkylation sites (tertiary alicyclic amines) is 1. The zero-order valence-electron chi connectivity index (χ0n) is 17.9. The molecule has 0 radical (unpaired) electrons. The molecule has 1 saturated heterocycles. The fourth-order valence-electron chi connectivity index (χ4n) is 4.54. The van der Waals surface area contributed by atoms with Gasteiger partial charge in [-0.25, -0.2) is 4.99 Å². The maximum absolute atomic E-state index is 9.51. The van der Waals surface area contributed by atoms with Crippen molar-refractivity contribution in [2.45, 2.75) is 71.1 Å². The van der Waals surface area contributed by atoms with E-state index >= 15 is 0 Å². The Balaban J connectivity index is 0.00000300. The summed E-state index contributed by atoms with van der Waals surface area (Å²) in [4.78, 5) is 7.45. The SMILES string of the molecule is CCNC(=NCc1ccccc1CO)NC1CCN(CC2CCCCC2)CC1.I. The Labute approximate surface area is 193 Å². The van der Waals surface area contributed by atoms with Gasteiger partial charge < -0.3 is 20.6 Å². The lowest BCUT2D eigenvalue weighted by atomic mass is 9.88. The molecule has 0 atom stereocenters. The zero-order valence-corrected chi connectivity index (χ0v) is 20.2. The van der Waals surface area contributed by atoms with Gasteiger partial charge >= 0.3 is 0 Å². The Hall–Kier alpha value is -0.860. The summed E-state index contributed by atoms with van der Waals surface area (Å²) in [5.74, 6) is 1.82. The van der Waals surface area contributed by atoms with Gasteiger partial charge in [0.05, 0.1) is 13.2 Å². The van der Waals surface area contributed by atoms with Gasteiger partial charge in [0.25, 0.3) is 0 Å². The fraction of sp³-hybridized carbons (Fsp3) is 0.696. The molecule has 1 aromatic rings. The van der Waals surface area contributed by atoms with Crippen molar-refractivity contribution in [1.29, 1.82) is 0 Å². The highest BCUT2D eigenvalue weighted by Crippen LogP contribution is 2.25. The first-order chi connectivity index (χ1) is 13.8. The number of aliphatic hydroxyl groups excluding tert-OH is 1. The van der Waals surface area contributed by atoms with Crippen molar-refractivity contribution in [3.8, 4) is 0 Å². The number of benzene rings is 1. The van der Waals surface area contributed by atoms with E-state index < -0.39 is 0 Å². The summed E-state index contributed by atoms with van der Waals surface area (Å²) in [5.41, 5.74) is 2.04. The normalized spacial score (nSPS) is 19.6. The molecule has 1 aliphatic carbocycles. The van der Waals surface area contributed by atoms with Crippen molar-refractivity contribution < 1.29 is 5.11 Å².